The van der Waals surface area contributed by atoms with E-state index in [4.69, 9.17) is 16.3 Å². The highest BCUT2D eigenvalue weighted by atomic mass is 35.5. The maximum absolute atomic E-state index is 13.1. The van der Waals surface area contributed by atoms with Crippen LogP contribution in [0, 0.1) is 5.82 Å². The van der Waals surface area contributed by atoms with E-state index in [0.29, 0.717) is 0 Å². The van der Waals surface area contributed by atoms with Crippen LogP contribution >= 0.6 is 11.6 Å². The highest BCUT2D eigenvalue weighted by molar-refractivity contribution is 6.17. The van der Waals surface area contributed by atoms with Gasteiger partial charge < -0.3 is 9.64 Å². The van der Waals surface area contributed by atoms with E-state index in [2.05, 4.69) is 16.8 Å². The number of likely N-dealkylation sites (N-methyl/N-ethyl adjacent to an activating group) is 1. The number of hydrogen-bond donors (Lipinski definition) is 0. The summed E-state index contributed by atoms with van der Waals surface area (Å²) in [6.07, 6.45) is 3.68. The molecule has 0 bridgehead atoms. The molecule has 1 aliphatic rings. The molecule has 0 amide bonds. The Labute approximate surface area is 112 Å². The minimum atomic E-state index is -0.345. The standard InChI is InChI=1S/C13H18ClFN2O/c1-2-17(9-12-4-3-5-18-12)13-10(7-14)6-11(15)8-16-13/h6,8,12H,2-5,7,9H2,1H3. The minimum Gasteiger partial charge on any atom is -0.376 e. The molecule has 0 N–H and O–H groups in total. The van der Waals surface area contributed by atoms with Crippen LogP contribution in [0.2, 0.25) is 0 Å². The summed E-state index contributed by atoms with van der Waals surface area (Å²) >= 11 is 5.86. The summed E-state index contributed by atoms with van der Waals surface area (Å²) in [5, 5.41) is 0. The van der Waals surface area contributed by atoms with Crippen molar-refractivity contribution in [1.82, 2.24) is 4.98 Å². The van der Waals surface area contributed by atoms with Crippen LogP contribution in [-0.2, 0) is 10.6 Å². The molecule has 5 heteroatoms. The number of alkyl halides is 1. The van der Waals surface area contributed by atoms with Crippen molar-refractivity contribution in [2.75, 3.05) is 24.6 Å². The number of aromatic nitrogens is 1. The highest BCUT2D eigenvalue weighted by Gasteiger charge is 2.20. The number of halogens is 2. The first-order chi connectivity index (χ1) is 8.74. The molecular formula is C13H18ClFN2O. The van der Waals surface area contributed by atoms with E-state index >= 15 is 0 Å². The van der Waals surface area contributed by atoms with Crippen molar-refractivity contribution in [3.8, 4) is 0 Å². The zero-order valence-electron chi connectivity index (χ0n) is 10.5. The highest BCUT2D eigenvalue weighted by Crippen LogP contribution is 2.22. The molecular weight excluding hydrogens is 255 g/mol. The van der Waals surface area contributed by atoms with Crippen LogP contribution in [0.3, 0.4) is 0 Å². The molecule has 2 rings (SSSR count). The van der Waals surface area contributed by atoms with Crippen molar-refractivity contribution < 1.29 is 9.13 Å². The molecule has 0 aromatic carbocycles. The predicted molar refractivity (Wildman–Crippen MR) is 70.6 cm³/mol. The van der Waals surface area contributed by atoms with E-state index in [1.54, 1.807) is 0 Å². The van der Waals surface area contributed by atoms with Crippen LogP contribution in [0.1, 0.15) is 25.3 Å². The van der Waals surface area contributed by atoms with Crippen LogP contribution in [0.5, 0.6) is 0 Å². The van der Waals surface area contributed by atoms with Crippen molar-refractivity contribution in [1.29, 1.82) is 0 Å². The van der Waals surface area contributed by atoms with Gasteiger partial charge in [-0.25, -0.2) is 9.37 Å². The van der Waals surface area contributed by atoms with Gasteiger partial charge in [0, 0.05) is 25.3 Å². The summed E-state index contributed by atoms with van der Waals surface area (Å²) in [6.45, 7) is 4.49. The Balaban J connectivity index is 2.15. The second kappa shape index (κ2) is 6.34. The maximum atomic E-state index is 13.1. The molecule has 1 aliphatic heterocycles. The molecule has 3 nitrogen and oxygen atoms in total. The third kappa shape index (κ3) is 3.12. The molecule has 1 aromatic heterocycles. The van der Waals surface area contributed by atoms with Gasteiger partial charge in [-0.05, 0) is 25.8 Å². The van der Waals surface area contributed by atoms with Gasteiger partial charge >= 0.3 is 0 Å². The Kier molecular flexibility index (Phi) is 4.78. The zero-order valence-corrected chi connectivity index (χ0v) is 11.3. The van der Waals surface area contributed by atoms with Crippen LogP contribution < -0.4 is 4.90 Å². The van der Waals surface area contributed by atoms with Gasteiger partial charge in [-0.3, -0.25) is 0 Å². The lowest BCUT2D eigenvalue weighted by molar-refractivity contribution is 0.115. The Morgan fingerprint density at radius 3 is 3.06 bits per heavy atom. The van der Waals surface area contributed by atoms with Gasteiger partial charge in [0.25, 0.3) is 0 Å². The van der Waals surface area contributed by atoms with Crippen molar-refractivity contribution >= 4 is 17.4 Å². The fraction of sp³-hybridized carbons (Fsp3) is 0.615. The van der Waals surface area contributed by atoms with Crippen LogP contribution in [-0.4, -0.2) is 30.8 Å². The topological polar surface area (TPSA) is 25.4 Å². The fourth-order valence-electron chi connectivity index (χ4n) is 2.26. The zero-order chi connectivity index (χ0) is 13.0. The Hall–Kier alpha value is -0.870. The number of ether oxygens (including phenoxy) is 1. The number of nitrogens with zero attached hydrogens (tertiary/aromatic N) is 2. The summed E-state index contributed by atoms with van der Waals surface area (Å²) in [6, 6.07) is 1.45. The van der Waals surface area contributed by atoms with Crippen molar-refractivity contribution in [3.05, 3.63) is 23.6 Å². The second-order valence-corrected chi connectivity index (χ2v) is 4.71. The number of anilines is 1. The lowest BCUT2D eigenvalue weighted by atomic mass is 10.2. The summed E-state index contributed by atoms with van der Waals surface area (Å²) in [7, 11) is 0. The average molecular weight is 273 g/mol. The van der Waals surface area contributed by atoms with Crippen molar-refractivity contribution in [3.63, 3.8) is 0 Å². The van der Waals surface area contributed by atoms with Gasteiger partial charge in [0.05, 0.1) is 18.2 Å². The molecule has 0 spiro atoms. The van der Waals surface area contributed by atoms with E-state index in [9.17, 15) is 4.39 Å². The van der Waals surface area contributed by atoms with Crippen molar-refractivity contribution in [2.45, 2.75) is 31.7 Å². The largest absolute Gasteiger partial charge is 0.376 e. The smallest absolute Gasteiger partial charge is 0.141 e. The average Bonchev–Trinajstić information content (AvgIpc) is 2.89. The molecule has 1 aromatic rings. The van der Waals surface area contributed by atoms with E-state index in [1.807, 2.05) is 0 Å². The Morgan fingerprint density at radius 2 is 2.44 bits per heavy atom. The third-order valence-electron chi connectivity index (χ3n) is 3.18. The summed E-state index contributed by atoms with van der Waals surface area (Å²) in [5.41, 5.74) is 0.733. The quantitative estimate of drug-likeness (QED) is 0.771. The van der Waals surface area contributed by atoms with E-state index in [-0.39, 0.29) is 17.8 Å². The maximum Gasteiger partial charge on any atom is 0.141 e. The summed E-state index contributed by atoms with van der Waals surface area (Å²) < 4.78 is 18.8. The molecule has 1 unspecified atom stereocenters. The van der Waals surface area contributed by atoms with Crippen LogP contribution in [0.4, 0.5) is 10.2 Å². The number of pyridine rings is 1. The van der Waals surface area contributed by atoms with Gasteiger partial charge in [0.15, 0.2) is 0 Å². The summed E-state index contributed by atoms with van der Waals surface area (Å²) in [4.78, 5) is 6.28. The van der Waals surface area contributed by atoms with Crippen molar-refractivity contribution in [2.24, 2.45) is 0 Å². The van der Waals surface area contributed by atoms with E-state index < -0.39 is 0 Å². The van der Waals surface area contributed by atoms with Crippen LogP contribution in [0.15, 0.2) is 12.3 Å². The Morgan fingerprint density at radius 1 is 1.61 bits per heavy atom. The molecule has 0 aliphatic carbocycles. The fourth-order valence-corrected chi connectivity index (χ4v) is 2.45. The first kappa shape index (κ1) is 13.6. The monoisotopic (exact) mass is 272 g/mol. The molecule has 0 radical (unpaired) electrons. The van der Waals surface area contributed by atoms with E-state index in [0.717, 1.165) is 43.9 Å². The SMILES string of the molecule is CCN(CC1CCCO1)c1ncc(F)cc1CCl. The molecule has 100 valence electrons. The molecule has 1 atom stereocenters. The summed E-state index contributed by atoms with van der Waals surface area (Å²) in [5.74, 6) is 0.689. The third-order valence-corrected chi connectivity index (χ3v) is 3.47. The molecule has 18 heavy (non-hydrogen) atoms. The molecule has 0 saturated carbocycles. The van der Waals surface area contributed by atoms with E-state index in [1.165, 1.54) is 12.3 Å². The van der Waals surface area contributed by atoms with Gasteiger partial charge in [-0.2, -0.15) is 0 Å². The lowest BCUT2D eigenvalue weighted by Crippen LogP contribution is -2.33. The predicted octanol–water partition coefficient (Wildman–Crippen LogP) is 2.96. The van der Waals surface area contributed by atoms with Crippen LogP contribution in [0.25, 0.3) is 0 Å². The van der Waals surface area contributed by atoms with Gasteiger partial charge in [0.2, 0.25) is 0 Å². The molecule has 1 fully saturated rings. The van der Waals surface area contributed by atoms with Gasteiger partial charge in [-0.1, -0.05) is 0 Å². The molecule has 1 saturated heterocycles. The second-order valence-electron chi connectivity index (χ2n) is 4.44. The van der Waals surface area contributed by atoms with Gasteiger partial charge in [0.1, 0.15) is 11.6 Å². The normalized spacial score (nSPS) is 19.2. The minimum absolute atomic E-state index is 0.250. The number of rotatable bonds is 5. The first-order valence-corrected chi connectivity index (χ1v) is 6.85. The Bertz CT molecular complexity index is 397. The lowest BCUT2D eigenvalue weighted by Gasteiger charge is -2.26. The molecule has 2 heterocycles. The van der Waals surface area contributed by atoms with Gasteiger partial charge in [-0.15, -0.1) is 11.6 Å². The number of hydrogen-bond acceptors (Lipinski definition) is 3. The first-order valence-electron chi connectivity index (χ1n) is 6.31.